The number of halogens is 2. The highest BCUT2D eigenvalue weighted by molar-refractivity contribution is 6.32. The third-order valence-electron chi connectivity index (χ3n) is 8.27. The highest BCUT2D eigenvalue weighted by Gasteiger charge is 2.34. The molecule has 2 bridgehead atoms. The first-order valence-electron chi connectivity index (χ1n) is 15.0. The van der Waals surface area contributed by atoms with E-state index in [1.807, 2.05) is 4.90 Å². The van der Waals surface area contributed by atoms with E-state index in [-0.39, 0.29) is 23.5 Å². The number of nitrogens with one attached hydrogen (secondary N) is 3. The van der Waals surface area contributed by atoms with Gasteiger partial charge in [-0.15, -0.1) is 5.10 Å². The molecule has 3 fully saturated rings. The number of rotatable bonds is 9. The Morgan fingerprint density at radius 3 is 2.60 bits per heavy atom. The third-order valence-corrected chi connectivity index (χ3v) is 8.78. The second-order valence-electron chi connectivity index (χ2n) is 11.2. The van der Waals surface area contributed by atoms with Crippen LogP contribution in [-0.4, -0.2) is 97.2 Å². The van der Waals surface area contributed by atoms with Gasteiger partial charge >= 0.3 is 6.09 Å². The maximum atomic E-state index is 13.8. The van der Waals surface area contributed by atoms with Gasteiger partial charge in [0.1, 0.15) is 23.0 Å². The largest absolute Gasteiger partial charge is 0.453 e. The first kappa shape index (κ1) is 32.2. The number of H-pyrrole nitrogens is 1. The fraction of sp³-hybridized carbons (Fsp3) is 0.323. The molecule has 4 aromatic rings. The minimum Gasteiger partial charge on any atom is -0.453 e. The summed E-state index contributed by atoms with van der Waals surface area (Å²) in [6.45, 7) is 3.40. The van der Waals surface area contributed by atoms with Crippen molar-refractivity contribution in [2.24, 2.45) is 0 Å². The number of nitrogens with zero attached hydrogens (tertiary/aromatic N) is 7. The van der Waals surface area contributed by atoms with Crippen molar-refractivity contribution in [2.75, 3.05) is 38.6 Å². The van der Waals surface area contributed by atoms with Gasteiger partial charge in [-0.2, -0.15) is 4.68 Å². The minimum atomic E-state index is -0.815. The van der Waals surface area contributed by atoms with Gasteiger partial charge in [0.15, 0.2) is 0 Å². The fourth-order valence-corrected chi connectivity index (χ4v) is 6.28. The third kappa shape index (κ3) is 7.62. The number of amides is 3. The number of carbonyl (C=O) groups is 3. The molecule has 16 heteroatoms. The van der Waals surface area contributed by atoms with Gasteiger partial charge in [0, 0.05) is 60.1 Å². The highest BCUT2D eigenvalue weighted by Crippen LogP contribution is 2.30. The zero-order valence-corrected chi connectivity index (χ0v) is 26.9. The van der Waals surface area contributed by atoms with Crippen molar-refractivity contribution in [3.05, 3.63) is 76.4 Å². The van der Waals surface area contributed by atoms with Crippen LogP contribution in [0.25, 0.3) is 23.0 Å². The number of ether oxygens (including phenoxy) is 1. The number of imidazole rings is 1. The Kier molecular flexibility index (Phi) is 9.80. The Labute approximate surface area is 280 Å². The molecule has 244 valence electrons. The Hall–Kier alpha value is -4.79. The van der Waals surface area contributed by atoms with Gasteiger partial charge < -0.3 is 24.8 Å². The van der Waals surface area contributed by atoms with E-state index < -0.39 is 18.0 Å². The fourth-order valence-electron chi connectivity index (χ4n) is 5.85. The lowest BCUT2D eigenvalue weighted by Crippen LogP contribution is -2.43. The van der Waals surface area contributed by atoms with Gasteiger partial charge in [-0.25, -0.2) is 9.78 Å². The molecule has 47 heavy (non-hydrogen) atoms. The van der Waals surface area contributed by atoms with Gasteiger partial charge in [-0.05, 0) is 59.7 Å². The van der Waals surface area contributed by atoms with Crippen molar-refractivity contribution in [3.8, 4) is 16.9 Å². The summed E-state index contributed by atoms with van der Waals surface area (Å²) >= 11 is 12.9. The van der Waals surface area contributed by atoms with Gasteiger partial charge in [0.2, 0.25) is 11.8 Å². The Balaban J connectivity index is 1.25. The van der Waals surface area contributed by atoms with Crippen LogP contribution >= 0.6 is 23.2 Å². The average Bonchev–Trinajstić information content (AvgIpc) is 3.64. The molecule has 0 radical (unpaired) electrons. The predicted octanol–water partition coefficient (Wildman–Crippen LogP) is 4.10. The van der Waals surface area contributed by atoms with E-state index in [0.717, 1.165) is 32.5 Å². The molecule has 2 aromatic heterocycles. The number of aromatic nitrogens is 6. The molecule has 1 atom stereocenters. The number of piperidine rings is 1. The maximum Gasteiger partial charge on any atom is 0.411 e. The number of methoxy groups -OCH3 is 1. The average molecular weight is 680 g/mol. The Morgan fingerprint density at radius 1 is 1.09 bits per heavy atom. The van der Waals surface area contributed by atoms with Gasteiger partial charge in [0.05, 0.1) is 25.3 Å². The number of hydrogen-bond donors (Lipinski definition) is 3. The number of carbonyl (C=O) groups excluding carboxylic acids is 3. The number of hydrogen-bond acceptors (Lipinski definition) is 9. The highest BCUT2D eigenvalue weighted by atomic mass is 35.5. The molecule has 14 nitrogen and oxygen atoms in total. The molecule has 0 saturated carbocycles. The van der Waals surface area contributed by atoms with Crippen LogP contribution in [0.5, 0.6) is 0 Å². The standard InChI is InChI=1S/C31H32Cl2N10O4/c1-47-31(46)35-22-6-2-19(3-7-22)28-29(33)38-30(37-28)24(17-27(45)42-15-14-41-12-10-23(42)11-13-41)36-26(44)9-4-20-16-21(32)5-8-25(20)43-18-34-39-40-43/h2-9,16,18,23-24H,10-15,17H2,1H3,(H,35,46)(H,36,44)(H,37,38)/b9-4+/t24-/m0/s1. The van der Waals surface area contributed by atoms with Crippen LogP contribution in [0.3, 0.4) is 0 Å². The number of anilines is 1. The van der Waals surface area contributed by atoms with E-state index in [4.69, 9.17) is 28.2 Å². The van der Waals surface area contributed by atoms with Crippen molar-refractivity contribution in [1.82, 2.24) is 45.3 Å². The van der Waals surface area contributed by atoms with E-state index in [9.17, 15) is 14.4 Å². The van der Waals surface area contributed by atoms with Crippen LogP contribution < -0.4 is 10.6 Å². The molecule has 0 aliphatic carbocycles. The van der Waals surface area contributed by atoms with Crippen molar-refractivity contribution in [3.63, 3.8) is 0 Å². The van der Waals surface area contributed by atoms with Gasteiger partial charge in [0.25, 0.3) is 0 Å². The van der Waals surface area contributed by atoms with E-state index in [1.165, 1.54) is 24.2 Å². The summed E-state index contributed by atoms with van der Waals surface area (Å²) in [6, 6.07) is 11.4. The number of aromatic amines is 1. The minimum absolute atomic E-state index is 0.0195. The normalized spacial score (nSPS) is 18.1. The quantitative estimate of drug-likeness (QED) is 0.221. The van der Waals surface area contributed by atoms with Crippen LogP contribution in [0.4, 0.5) is 10.5 Å². The van der Waals surface area contributed by atoms with Crippen LogP contribution in [0.15, 0.2) is 54.9 Å². The van der Waals surface area contributed by atoms with Crippen LogP contribution in [0.1, 0.15) is 36.7 Å². The van der Waals surface area contributed by atoms with Crippen molar-refractivity contribution >= 4 is 52.9 Å². The molecule has 3 aliphatic heterocycles. The summed E-state index contributed by atoms with van der Waals surface area (Å²) < 4.78 is 6.11. The molecule has 0 unspecified atom stereocenters. The molecule has 3 amide bonds. The van der Waals surface area contributed by atoms with Gasteiger partial charge in [-0.1, -0.05) is 35.3 Å². The summed E-state index contributed by atoms with van der Waals surface area (Å²) in [5.41, 5.74) is 2.85. The second kappa shape index (κ2) is 14.3. The maximum absolute atomic E-state index is 13.8. The molecule has 3 N–H and O–H groups in total. The summed E-state index contributed by atoms with van der Waals surface area (Å²) in [5.74, 6) is -0.200. The SMILES string of the molecule is COC(=O)Nc1ccc(-c2nc([C@H](CC(=O)N3CCN4CCC3CC4)NC(=O)/C=C/c3cc(Cl)ccc3-n3cnnn3)[nH]c2Cl)cc1. The monoisotopic (exact) mass is 678 g/mol. The summed E-state index contributed by atoms with van der Waals surface area (Å²) in [5, 5.41) is 17.6. The van der Waals surface area contributed by atoms with Crippen LogP contribution in [0, 0.1) is 0 Å². The molecule has 3 saturated heterocycles. The lowest BCUT2D eigenvalue weighted by atomic mass is 10.0. The lowest BCUT2D eigenvalue weighted by Gasteiger charge is -2.32. The number of tetrazole rings is 1. The number of benzene rings is 2. The van der Waals surface area contributed by atoms with E-state index in [0.29, 0.717) is 45.6 Å². The Bertz CT molecular complexity index is 1770. The smallest absolute Gasteiger partial charge is 0.411 e. The van der Waals surface area contributed by atoms with Crippen molar-refractivity contribution in [1.29, 1.82) is 0 Å². The van der Waals surface area contributed by atoms with E-state index in [1.54, 1.807) is 48.5 Å². The molecule has 5 heterocycles. The number of fused-ring (bicyclic) bond motifs is 4. The zero-order chi connectivity index (χ0) is 32.9. The molecule has 7 rings (SSSR count). The van der Waals surface area contributed by atoms with Crippen molar-refractivity contribution in [2.45, 2.75) is 31.3 Å². The topological polar surface area (TPSA) is 163 Å². The van der Waals surface area contributed by atoms with Crippen LogP contribution in [0.2, 0.25) is 10.2 Å². The van der Waals surface area contributed by atoms with Crippen molar-refractivity contribution < 1.29 is 19.1 Å². The van der Waals surface area contributed by atoms with Gasteiger partial charge in [-0.3, -0.25) is 14.9 Å². The summed E-state index contributed by atoms with van der Waals surface area (Å²) in [6.07, 6.45) is 5.63. The van der Waals surface area contributed by atoms with E-state index >= 15 is 0 Å². The summed E-state index contributed by atoms with van der Waals surface area (Å²) in [7, 11) is 1.28. The molecular formula is C31H32Cl2N10O4. The second-order valence-corrected chi connectivity index (χ2v) is 12.0. The first-order chi connectivity index (χ1) is 22.8. The predicted molar refractivity (Wildman–Crippen MR) is 175 cm³/mol. The Morgan fingerprint density at radius 2 is 1.87 bits per heavy atom. The molecule has 0 spiro atoms. The summed E-state index contributed by atoms with van der Waals surface area (Å²) in [4.78, 5) is 50.9. The zero-order valence-electron chi connectivity index (χ0n) is 25.4. The molecular weight excluding hydrogens is 647 g/mol. The lowest BCUT2D eigenvalue weighted by molar-refractivity contribution is -0.134. The molecule has 2 aromatic carbocycles. The molecule has 3 aliphatic rings. The first-order valence-corrected chi connectivity index (χ1v) is 15.8. The van der Waals surface area contributed by atoms with Crippen LogP contribution in [-0.2, 0) is 14.3 Å². The van der Waals surface area contributed by atoms with E-state index in [2.05, 4.69) is 40.8 Å².